The van der Waals surface area contributed by atoms with Crippen LogP contribution in [0.2, 0.25) is 0 Å². The molecule has 2 aromatic carbocycles. The Morgan fingerprint density at radius 3 is 2.32 bits per heavy atom. The quantitative estimate of drug-likeness (QED) is 0.355. The molecule has 0 aliphatic carbocycles. The second-order valence-electron chi connectivity index (χ2n) is 5.23. The van der Waals surface area contributed by atoms with Gasteiger partial charge in [-0.2, -0.15) is 0 Å². The minimum absolute atomic E-state index is 0.0902. The van der Waals surface area contributed by atoms with Crippen molar-refractivity contribution in [1.29, 1.82) is 0 Å². The zero-order valence-electron chi connectivity index (χ0n) is 12.6. The van der Waals surface area contributed by atoms with Crippen molar-refractivity contribution >= 4 is 21.7 Å². The minimum Gasteiger partial charge on any atom is -0.494 e. The molecule has 116 valence electrons. The molecule has 0 amide bonds. The van der Waals surface area contributed by atoms with Crippen molar-refractivity contribution in [2.24, 2.45) is 0 Å². The Morgan fingerprint density at radius 1 is 0.909 bits per heavy atom. The molecule has 0 N–H and O–H groups in total. The average molecular weight is 361 g/mol. The van der Waals surface area contributed by atoms with Gasteiger partial charge in [-0.1, -0.05) is 46.3 Å². The van der Waals surface area contributed by atoms with Crippen LogP contribution >= 0.6 is 15.9 Å². The number of unbranched alkanes of at least 4 members (excludes halogenated alkanes) is 2. The summed E-state index contributed by atoms with van der Waals surface area (Å²) in [6, 6.07) is 17.9. The maximum absolute atomic E-state index is 11.5. The van der Waals surface area contributed by atoms with Crippen LogP contribution in [-0.2, 0) is 6.42 Å². The van der Waals surface area contributed by atoms with Crippen LogP contribution in [0.15, 0.2) is 54.6 Å². The maximum Gasteiger partial charge on any atom is 0.173 e. The molecule has 0 radical (unpaired) electrons. The van der Waals surface area contributed by atoms with E-state index in [1.165, 1.54) is 12.0 Å². The van der Waals surface area contributed by atoms with Gasteiger partial charge in [0.05, 0.1) is 11.9 Å². The number of hydrogen-bond donors (Lipinski definition) is 0. The summed E-state index contributed by atoms with van der Waals surface area (Å²) in [5, 5.41) is 0.356. The molecule has 0 saturated heterocycles. The largest absolute Gasteiger partial charge is 0.494 e. The van der Waals surface area contributed by atoms with E-state index in [2.05, 4.69) is 40.2 Å². The molecule has 0 aliphatic rings. The first-order chi connectivity index (χ1) is 10.8. The van der Waals surface area contributed by atoms with E-state index in [1.807, 2.05) is 30.3 Å². The number of hydrogen-bond acceptors (Lipinski definition) is 2. The fraction of sp³-hybridized carbons (Fsp3) is 0.316. The molecule has 0 aliphatic heterocycles. The summed E-state index contributed by atoms with van der Waals surface area (Å²) in [4.78, 5) is 11.5. The number of ether oxygens (including phenoxy) is 1. The molecular weight excluding hydrogens is 340 g/mol. The van der Waals surface area contributed by atoms with E-state index in [1.54, 1.807) is 0 Å². The lowest BCUT2D eigenvalue weighted by Crippen LogP contribution is -2.01. The SMILES string of the molecule is O=C(CBr)c1ccc(OCCCCCc2ccccc2)cc1. The standard InChI is InChI=1S/C19H21BrO2/c20-15-19(21)17-10-12-18(13-11-17)22-14-6-2-5-9-16-7-3-1-4-8-16/h1,3-4,7-8,10-13H,2,5-6,9,14-15H2. The monoisotopic (exact) mass is 360 g/mol. The number of halogens is 1. The van der Waals surface area contributed by atoms with Crippen molar-refractivity contribution in [3.05, 3.63) is 65.7 Å². The second-order valence-corrected chi connectivity index (χ2v) is 5.79. The van der Waals surface area contributed by atoms with Gasteiger partial charge in [-0.15, -0.1) is 0 Å². The van der Waals surface area contributed by atoms with Crippen molar-refractivity contribution in [2.75, 3.05) is 11.9 Å². The number of carbonyl (C=O) groups excluding carboxylic acids is 1. The number of rotatable bonds is 9. The third kappa shape index (κ3) is 5.64. The molecule has 0 heterocycles. The van der Waals surface area contributed by atoms with Gasteiger partial charge in [0, 0.05) is 5.56 Å². The molecular formula is C19H21BrO2. The number of alkyl halides is 1. The van der Waals surface area contributed by atoms with Crippen molar-refractivity contribution < 1.29 is 9.53 Å². The molecule has 2 aromatic rings. The first kappa shape index (κ1) is 16.8. The van der Waals surface area contributed by atoms with Gasteiger partial charge in [-0.3, -0.25) is 4.79 Å². The Bertz CT molecular complexity index is 564. The summed E-state index contributed by atoms with van der Waals surface area (Å²) < 4.78 is 5.70. The minimum atomic E-state index is 0.0902. The highest BCUT2D eigenvalue weighted by molar-refractivity contribution is 9.09. The number of carbonyl (C=O) groups is 1. The number of benzene rings is 2. The topological polar surface area (TPSA) is 26.3 Å². The molecule has 2 rings (SSSR count). The molecule has 0 fully saturated rings. The van der Waals surface area contributed by atoms with E-state index in [0.29, 0.717) is 10.9 Å². The number of ketones is 1. The average Bonchev–Trinajstić information content (AvgIpc) is 2.58. The summed E-state index contributed by atoms with van der Waals surface area (Å²) in [5.74, 6) is 0.918. The molecule has 0 aromatic heterocycles. The predicted octanol–water partition coefficient (Wildman–Crippen LogP) is 5.06. The van der Waals surface area contributed by atoms with Crippen LogP contribution in [-0.4, -0.2) is 17.7 Å². The van der Waals surface area contributed by atoms with Crippen molar-refractivity contribution in [3.8, 4) is 5.75 Å². The van der Waals surface area contributed by atoms with Crippen molar-refractivity contribution in [1.82, 2.24) is 0 Å². The van der Waals surface area contributed by atoms with Gasteiger partial charge in [0.25, 0.3) is 0 Å². The summed E-state index contributed by atoms with van der Waals surface area (Å²) in [6.45, 7) is 0.723. The Hall–Kier alpha value is -1.61. The molecule has 2 nitrogen and oxygen atoms in total. The summed E-state index contributed by atoms with van der Waals surface area (Å²) in [7, 11) is 0. The van der Waals surface area contributed by atoms with Gasteiger partial charge in [0.1, 0.15) is 5.75 Å². The molecule has 0 unspecified atom stereocenters. The van der Waals surface area contributed by atoms with Crippen LogP contribution in [0.4, 0.5) is 0 Å². The summed E-state index contributed by atoms with van der Waals surface area (Å²) in [5.41, 5.74) is 2.11. The summed E-state index contributed by atoms with van der Waals surface area (Å²) in [6.07, 6.45) is 4.53. The van der Waals surface area contributed by atoms with Crippen molar-refractivity contribution in [3.63, 3.8) is 0 Å². The third-order valence-corrected chi connectivity index (χ3v) is 4.03. The maximum atomic E-state index is 11.5. The van der Waals surface area contributed by atoms with Crippen LogP contribution in [0, 0.1) is 0 Å². The summed E-state index contributed by atoms with van der Waals surface area (Å²) >= 11 is 3.17. The van der Waals surface area contributed by atoms with Gasteiger partial charge < -0.3 is 4.74 Å². The van der Waals surface area contributed by atoms with Crippen molar-refractivity contribution in [2.45, 2.75) is 25.7 Å². The van der Waals surface area contributed by atoms with Crippen LogP contribution in [0.25, 0.3) is 0 Å². The Kier molecular flexibility index (Phi) is 7.17. The normalized spacial score (nSPS) is 10.4. The molecule has 0 atom stereocenters. The van der Waals surface area contributed by atoms with Crippen LogP contribution in [0.1, 0.15) is 35.2 Å². The lowest BCUT2D eigenvalue weighted by Gasteiger charge is -2.07. The van der Waals surface area contributed by atoms with E-state index < -0.39 is 0 Å². The van der Waals surface area contributed by atoms with Crippen LogP contribution in [0.3, 0.4) is 0 Å². The third-order valence-electron chi connectivity index (χ3n) is 3.52. The Morgan fingerprint density at radius 2 is 1.64 bits per heavy atom. The first-order valence-electron chi connectivity index (χ1n) is 7.65. The Labute approximate surface area is 140 Å². The molecule has 0 spiro atoms. The number of aryl methyl sites for hydroxylation is 1. The van der Waals surface area contributed by atoms with Gasteiger partial charge in [0.15, 0.2) is 5.78 Å². The van der Waals surface area contributed by atoms with Gasteiger partial charge >= 0.3 is 0 Å². The molecule has 0 bridgehead atoms. The first-order valence-corrected chi connectivity index (χ1v) is 8.77. The van der Waals surface area contributed by atoms with E-state index in [-0.39, 0.29) is 5.78 Å². The fourth-order valence-corrected chi connectivity index (χ4v) is 2.58. The van der Waals surface area contributed by atoms with Gasteiger partial charge in [0.2, 0.25) is 0 Å². The zero-order chi connectivity index (χ0) is 15.6. The fourth-order valence-electron chi connectivity index (χ4n) is 2.26. The lowest BCUT2D eigenvalue weighted by atomic mass is 10.1. The van der Waals surface area contributed by atoms with Gasteiger partial charge in [-0.05, 0) is 55.5 Å². The highest BCUT2D eigenvalue weighted by Gasteiger charge is 2.03. The number of Topliss-reactive ketones (excluding diaryl/α,β-unsaturated/α-hetero) is 1. The van der Waals surface area contributed by atoms with E-state index in [4.69, 9.17) is 4.74 Å². The van der Waals surface area contributed by atoms with E-state index in [0.717, 1.165) is 31.6 Å². The molecule has 0 saturated carbocycles. The second kappa shape index (κ2) is 9.42. The Balaban J connectivity index is 1.61. The molecule has 3 heteroatoms. The van der Waals surface area contributed by atoms with Crippen LogP contribution < -0.4 is 4.74 Å². The highest BCUT2D eigenvalue weighted by atomic mass is 79.9. The molecule has 22 heavy (non-hydrogen) atoms. The van der Waals surface area contributed by atoms with E-state index >= 15 is 0 Å². The highest BCUT2D eigenvalue weighted by Crippen LogP contribution is 2.14. The van der Waals surface area contributed by atoms with Crippen LogP contribution in [0.5, 0.6) is 5.75 Å². The zero-order valence-corrected chi connectivity index (χ0v) is 14.2. The predicted molar refractivity (Wildman–Crippen MR) is 94.1 cm³/mol. The smallest absolute Gasteiger partial charge is 0.173 e. The lowest BCUT2D eigenvalue weighted by molar-refractivity contribution is 0.102. The van der Waals surface area contributed by atoms with E-state index in [9.17, 15) is 4.79 Å². The van der Waals surface area contributed by atoms with Gasteiger partial charge in [-0.25, -0.2) is 0 Å².